The van der Waals surface area contributed by atoms with Crippen LogP contribution < -0.4 is 0 Å². The third-order valence-electron chi connectivity index (χ3n) is 6.66. The normalized spacial score (nSPS) is 20.1. The van der Waals surface area contributed by atoms with Crippen molar-refractivity contribution in [2.75, 3.05) is 59.1 Å². The zero-order valence-electron chi connectivity index (χ0n) is 19.3. The van der Waals surface area contributed by atoms with Gasteiger partial charge >= 0.3 is 0 Å². The maximum atomic E-state index is 13.0. The molecule has 0 unspecified atom stereocenters. The number of hydrogen-bond donors (Lipinski definition) is 0. The van der Waals surface area contributed by atoms with E-state index in [4.69, 9.17) is 0 Å². The molecule has 0 spiro atoms. The number of piperidine rings is 1. The van der Waals surface area contributed by atoms with E-state index in [1.165, 1.54) is 14.9 Å². The molecule has 32 heavy (non-hydrogen) atoms. The van der Waals surface area contributed by atoms with Gasteiger partial charge in [-0.1, -0.05) is 6.07 Å². The zero-order valence-corrected chi connectivity index (χ0v) is 21.0. The van der Waals surface area contributed by atoms with Gasteiger partial charge in [0, 0.05) is 52.4 Å². The standard InChI is InChI=1S/C21H34N4O5S2/c1-17-5-6-20(15-18(17)2)32(29,30)25-13-11-24(12-14-25)21(26)16-23-9-7-19(8-10-23)22(3)31(4,27)28/h5-6,15,19H,7-14,16H2,1-4H3. The second-order valence-electron chi connectivity index (χ2n) is 8.82. The van der Waals surface area contributed by atoms with E-state index in [9.17, 15) is 21.6 Å². The van der Waals surface area contributed by atoms with Crippen LogP contribution in [0.3, 0.4) is 0 Å². The Kier molecular flexibility index (Phi) is 7.66. The molecule has 0 N–H and O–H groups in total. The smallest absolute Gasteiger partial charge is 0.243 e. The van der Waals surface area contributed by atoms with Crippen LogP contribution in [-0.2, 0) is 24.8 Å². The number of benzene rings is 1. The minimum Gasteiger partial charge on any atom is -0.339 e. The van der Waals surface area contributed by atoms with E-state index >= 15 is 0 Å². The fraction of sp³-hybridized carbons (Fsp3) is 0.667. The van der Waals surface area contributed by atoms with Crippen molar-refractivity contribution in [3.8, 4) is 0 Å². The number of aryl methyl sites for hydroxylation is 2. The monoisotopic (exact) mass is 486 g/mol. The summed E-state index contributed by atoms with van der Waals surface area (Å²) >= 11 is 0. The number of likely N-dealkylation sites (tertiary alicyclic amines) is 1. The lowest BCUT2D eigenvalue weighted by Gasteiger charge is -2.38. The summed E-state index contributed by atoms with van der Waals surface area (Å²) in [5.74, 6) is -0.0110. The van der Waals surface area contributed by atoms with E-state index in [1.54, 1.807) is 24.1 Å². The highest BCUT2D eigenvalue weighted by molar-refractivity contribution is 7.89. The molecule has 0 saturated carbocycles. The first-order valence-electron chi connectivity index (χ1n) is 10.9. The highest BCUT2D eigenvalue weighted by atomic mass is 32.2. The van der Waals surface area contributed by atoms with E-state index in [-0.39, 0.29) is 31.6 Å². The summed E-state index contributed by atoms with van der Waals surface area (Å²) in [5, 5.41) is 0. The predicted octanol–water partition coefficient (Wildman–Crippen LogP) is 0.492. The van der Waals surface area contributed by atoms with E-state index in [2.05, 4.69) is 0 Å². The van der Waals surface area contributed by atoms with Gasteiger partial charge < -0.3 is 4.90 Å². The Labute approximate surface area is 192 Å². The molecule has 2 fully saturated rings. The zero-order chi connectivity index (χ0) is 23.7. The molecule has 0 radical (unpaired) electrons. The van der Waals surface area contributed by atoms with Crippen LogP contribution in [0.2, 0.25) is 0 Å². The van der Waals surface area contributed by atoms with Crippen molar-refractivity contribution < 1.29 is 21.6 Å². The SMILES string of the molecule is Cc1ccc(S(=O)(=O)N2CCN(C(=O)CN3CCC(N(C)S(C)(=O)=O)CC3)CC2)cc1C. The molecule has 9 nitrogen and oxygen atoms in total. The molecular formula is C21H34N4O5S2. The van der Waals surface area contributed by atoms with Gasteiger partial charge in [-0.2, -0.15) is 4.31 Å². The van der Waals surface area contributed by atoms with Crippen LogP contribution in [0.15, 0.2) is 23.1 Å². The molecule has 2 aliphatic rings. The van der Waals surface area contributed by atoms with Gasteiger partial charge in [0.25, 0.3) is 0 Å². The number of carbonyl (C=O) groups is 1. The number of sulfonamides is 2. The fourth-order valence-corrected chi connectivity index (χ4v) is 6.46. The molecule has 0 aliphatic carbocycles. The first kappa shape index (κ1) is 25.1. The molecule has 180 valence electrons. The third kappa shape index (κ3) is 5.69. The van der Waals surface area contributed by atoms with Gasteiger partial charge in [-0.15, -0.1) is 0 Å². The van der Waals surface area contributed by atoms with Gasteiger partial charge in [0.1, 0.15) is 0 Å². The minimum absolute atomic E-state index is 0.0110. The summed E-state index contributed by atoms with van der Waals surface area (Å²) < 4.78 is 52.2. The maximum Gasteiger partial charge on any atom is 0.243 e. The molecular weight excluding hydrogens is 452 g/mol. The van der Waals surface area contributed by atoms with Gasteiger partial charge in [-0.05, 0) is 49.9 Å². The molecule has 3 rings (SSSR count). The second-order valence-corrected chi connectivity index (χ2v) is 12.8. The van der Waals surface area contributed by atoms with Crippen LogP contribution >= 0.6 is 0 Å². The highest BCUT2D eigenvalue weighted by Crippen LogP contribution is 2.21. The number of nitrogens with zero attached hydrogens (tertiary/aromatic N) is 4. The molecule has 2 heterocycles. The van der Waals surface area contributed by atoms with Crippen LogP contribution in [0.4, 0.5) is 0 Å². The molecule has 0 atom stereocenters. The molecule has 1 aromatic rings. The molecule has 2 saturated heterocycles. The quantitative estimate of drug-likeness (QED) is 0.581. The van der Waals surface area contributed by atoms with Crippen molar-refractivity contribution in [2.45, 2.75) is 37.6 Å². The largest absolute Gasteiger partial charge is 0.339 e. The van der Waals surface area contributed by atoms with Crippen molar-refractivity contribution in [3.05, 3.63) is 29.3 Å². The van der Waals surface area contributed by atoms with Crippen LogP contribution in [0, 0.1) is 13.8 Å². The Morgan fingerprint density at radius 1 is 0.969 bits per heavy atom. The van der Waals surface area contributed by atoms with Crippen molar-refractivity contribution in [1.82, 2.24) is 18.4 Å². The molecule has 1 aromatic carbocycles. The summed E-state index contributed by atoms with van der Waals surface area (Å²) in [6.45, 7) is 6.75. The highest BCUT2D eigenvalue weighted by Gasteiger charge is 2.32. The lowest BCUT2D eigenvalue weighted by atomic mass is 10.1. The van der Waals surface area contributed by atoms with Crippen LogP contribution in [0.25, 0.3) is 0 Å². The van der Waals surface area contributed by atoms with E-state index in [0.717, 1.165) is 11.1 Å². The number of amides is 1. The van der Waals surface area contributed by atoms with Crippen LogP contribution in [-0.4, -0.2) is 106 Å². The summed E-state index contributed by atoms with van der Waals surface area (Å²) in [7, 11) is -5.19. The number of rotatable bonds is 6. The van der Waals surface area contributed by atoms with Crippen molar-refractivity contribution in [2.24, 2.45) is 0 Å². The number of hydrogen-bond acceptors (Lipinski definition) is 6. The predicted molar refractivity (Wildman–Crippen MR) is 123 cm³/mol. The molecule has 0 bridgehead atoms. The van der Waals surface area contributed by atoms with Gasteiger partial charge in [-0.3, -0.25) is 9.69 Å². The Morgan fingerprint density at radius 3 is 2.09 bits per heavy atom. The summed E-state index contributed by atoms with van der Waals surface area (Å²) in [4.78, 5) is 16.8. The van der Waals surface area contributed by atoms with Gasteiger partial charge in [-0.25, -0.2) is 21.1 Å². The minimum atomic E-state index is -3.57. The van der Waals surface area contributed by atoms with Crippen molar-refractivity contribution in [3.63, 3.8) is 0 Å². The Morgan fingerprint density at radius 2 is 1.56 bits per heavy atom. The summed E-state index contributed by atoms with van der Waals surface area (Å²) in [6.07, 6.45) is 2.60. The average molecular weight is 487 g/mol. The lowest BCUT2D eigenvalue weighted by Crippen LogP contribution is -2.53. The van der Waals surface area contributed by atoms with E-state index in [1.807, 2.05) is 24.8 Å². The third-order valence-corrected chi connectivity index (χ3v) is 9.90. The lowest BCUT2D eigenvalue weighted by molar-refractivity contribution is -0.134. The van der Waals surface area contributed by atoms with E-state index in [0.29, 0.717) is 43.9 Å². The topological polar surface area (TPSA) is 98.3 Å². The van der Waals surface area contributed by atoms with Crippen LogP contribution in [0.5, 0.6) is 0 Å². The summed E-state index contributed by atoms with van der Waals surface area (Å²) in [6, 6.07) is 5.13. The van der Waals surface area contributed by atoms with Crippen LogP contribution in [0.1, 0.15) is 24.0 Å². The van der Waals surface area contributed by atoms with Crippen molar-refractivity contribution >= 4 is 26.0 Å². The Bertz CT molecular complexity index is 1040. The molecule has 0 aromatic heterocycles. The second kappa shape index (κ2) is 9.76. The van der Waals surface area contributed by atoms with Gasteiger partial charge in [0.2, 0.25) is 26.0 Å². The first-order valence-corrected chi connectivity index (χ1v) is 14.2. The Balaban J connectivity index is 1.50. The maximum absolute atomic E-state index is 13.0. The molecule has 2 aliphatic heterocycles. The molecule has 11 heteroatoms. The number of piperazine rings is 1. The summed E-state index contributed by atoms with van der Waals surface area (Å²) in [5.41, 5.74) is 1.98. The Hall–Kier alpha value is -1.53. The number of carbonyl (C=O) groups excluding carboxylic acids is 1. The average Bonchev–Trinajstić information content (AvgIpc) is 2.75. The molecule has 1 amide bonds. The fourth-order valence-electron chi connectivity index (χ4n) is 4.20. The van der Waals surface area contributed by atoms with Crippen molar-refractivity contribution in [1.29, 1.82) is 0 Å². The van der Waals surface area contributed by atoms with E-state index < -0.39 is 20.0 Å². The van der Waals surface area contributed by atoms with Gasteiger partial charge in [0.15, 0.2) is 0 Å². The van der Waals surface area contributed by atoms with Gasteiger partial charge in [0.05, 0.1) is 17.7 Å². The first-order chi connectivity index (χ1) is 14.9.